The van der Waals surface area contributed by atoms with E-state index in [0.29, 0.717) is 0 Å². The molecule has 0 spiro atoms. The summed E-state index contributed by atoms with van der Waals surface area (Å²) in [5.41, 5.74) is 6.48. The molecule has 1 unspecified atom stereocenters. The molecule has 0 amide bonds. The molecule has 0 aliphatic rings. The quantitative estimate of drug-likeness (QED) is 0.903. The highest BCUT2D eigenvalue weighted by Gasteiger charge is 2.12. The van der Waals surface area contributed by atoms with Gasteiger partial charge in [0.2, 0.25) is 0 Å². The van der Waals surface area contributed by atoms with Gasteiger partial charge in [0.05, 0.1) is 0 Å². The van der Waals surface area contributed by atoms with E-state index < -0.39 is 17.7 Å². The van der Waals surface area contributed by atoms with Crippen LogP contribution in [-0.2, 0) is 0 Å². The van der Waals surface area contributed by atoms with Crippen molar-refractivity contribution >= 4 is 0 Å². The molecule has 0 aromatic heterocycles. The summed E-state index contributed by atoms with van der Waals surface area (Å²) < 4.78 is 31.6. The van der Waals surface area contributed by atoms with Crippen LogP contribution >= 0.6 is 0 Å². The smallest absolute Gasteiger partial charge is 0.136 e. The fraction of sp³-hybridized carbons (Fsp3) is 0.143. The number of rotatable bonds is 4. The second-order valence-electron chi connectivity index (χ2n) is 3.86. The summed E-state index contributed by atoms with van der Waals surface area (Å²) in [5, 5.41) is 0. The molecule has 2 rings (SSSR count). The summed E-state index contributed by atoms with van der Waals surface area (Å²) in [6, 6.07) is 12.4. The minimum absolute atomic E-state index is 0.131. The van der Waals surface area contributed by atoms with E-state index in [1.807, 2.05) is 30.3 Å². The average Bonchev–Trinajstić information content (AvgIpc) is 2.36. The van der Waals surface area contributed by atoms with Crippen molar-refractivity contribution < 1.29 is 13.5 Å². The van der Waals surface area contributed by atoms with Crippen molar-refractivity contribution in [3.63, 3.8) is 0 Å². The Morgan fingerprint density at radius 3 is 2.17 bits per heavy atom. The van der Waals surface area contributed by atoms with Gasteiger partial charge in [-0.2, -0.15) is 0 Å². The average molecular weight is 249 g/mol. The van der Waals surface area contributed by atoms with Gasteiger partial charge in [0.1, 0.15) is 23.5 Å². The maximum atomic E-state index is 13.0. The van der Waals surface area contributed by atoms with Crippen LogP contribution in [0.3, 0.4) is 0 Å². The molecule has 0 saturated carbocycles. The van der Waals surface area contributed by atoms with Gasteiger partial charge in [-0.05, 0) is 5.56 Å². The Morgan fingerprint density at radius 2 is 1.61 bits per heavy atom. The van der Waals surface area contributed by atoms with Crippen LogP contribution in [0.1, 0.15) is 11.7 Å². The maximum absolute atomic E-state index is 13.0. The first-order valence-corrected chi connectivity index (χ1v) is 5.57. The van der Waals surface area contributed by atoms with Crippen LogP contribution in [0, 0.1) is 11.6 Å². The maximum Gasteiger partial charge on any atom is 0.136 e. The predicted molar refractivity (Wildman–Crippen MR) is 65.2 cm³/mol. The summed E-state index contributed by atoms with van der Waals surface area (Å²) in [7, 11) is 0. The molecule has 0 aliphatic heterocycles. The van der Waals surface area contributed by atoms with Crippen LogP contribution in [0.2, 0.25) is 0 Å². The van der Waals surface area contributed by atoms with Gasteiger partial charge in [-0.15, -0.1) is 0 Å². The summed E-state index contributed by atoms with van der Waals surface area (Å²) in [6.07, 6.45) is -0.424. The lowest BCUT2D eigenvalue weighted by molar-refractivity contribution is 0.212. The van der Waals surface area contributed by atoms with Crippen molar-refractivity contribution in [2.45, 2.75) is 6.10 Å². The lowest BCUT2D eigenvalue weighted by Gasteiger charge is -2.17. The number of hydrogen-bond donors (Lipinski definition) is 1. The Morgan fingerprint density at radius 1 is 1.00 bits per heavy atom. The van der Waals surface area contributed by atoms with E-state index in [1.54, 1.807) is 0 Å². The second-order valence-corrected chi connectivity index (χ2v) is 3.86. The zero-order valence-corrected chi connectivity index (χ0v) is 9.64. The van der Waals surface area contributed by atoms with Gasteiger partial charge in [0.15, 0.2) is 0 Å². The van der Waals surface area contributed by atoms with Crippen molar-refractivity contribution in [1.29, 1.82) is 0 Å². The van der Waals surface area contributed by atoms with Gasteiger partial charge in [0, 0.05) is 24.7 Å². The van der Waals surface area contributed by atoms with Gasteiger partial charge in [-0.25, -0.2) is 8.78 Å². The standard InChI is InChI=1S/C14H13F2NO/c15-11-6-12(16)8-13(7-11)18-14(9-17)10-4-2-1-3-5-10/h1-8,14H,9,17H2. The number of halogens is 2. The van der Waals surface area contributed by atoms with E-state index in [1.165, 1.54) is 0 Å². The Hall–Kier alpha value is -1.94. The van der Waals surface area contributed by atoms with E-state index >= 15 is 0 Å². The van der Waals surface area contributed by atoms with E-state index in [0.717, 1.165) is 23.8 Å². The van der Waals surface area contributed by atoms with Gasteiger partial charge in [-0.3, -0.25) is 0 Å². The van der Waals surface area contributed by atoms with E-state index in [9.17, 15) is 8.78 Å². The summed E-state index contributed by atoms with van der Waals surface area (Å²) in [4.78, 5) is 0. The fourth-order valence-electron chi connectivity index (χ4n) is 1.68. The van der Waals surface area contributed by atoms with Gasteiger partial charge < -0.3 is 10.5 Å². The highest BCUT2D eigenvalue weighted by Crippen LogP contribution is 2.22. The molecule has 0 saturated heterocycles. The molecule has 0 radical (unpaired) electrons. The molecule has 94 valence electrons. The topological polar surface area (TPSA) is 35.2 Å². The highest BCUT2D eigenvalue weighted by molar-refractivity contribution is 5.26. The SMILES string of the molecule is NCC(Oc1cc(F)cc(F)c1)c1ccccc1. The molecular weight excluding hydrogens is 236 g/mol. The lowest BCUT2D eigenvalue weighted by Crippen LogP contribution is -2.18. The van der Waals surface area contributed by atoms with Crippen LogP contribution in [0.25, 0.3) is 0 Å². The molecule has 0 heterocycles. The van der Waals surface area contributed by atoms with E-state index in [2.05, 4.69) is 0 Å². The monoisotopic (exact) mass is 249 g/mol. The minimum atomic E-state index is -0.672. The van der Waals surface area contributed by atoms with Gasteiger partial charge >= 0.3 is 0 Å². The predicted octanol–water partition coefficient (Wildman–Crippen LogP) is 3.04. The van der Waals surface area contributed by atoms with Crippen LogP contribution < -0.4 is 10.5 Å². The molecule has 2 N–H and O–H groups in total. The van der Waals surface area contributed by atoms with Crippen LogP contribution in [-0.4, -0.2) is 6.54 Å². The first kappa shape index (κ1) is 12.5. The summed E-state index contributed by atoms with van der Waals surface area (Å²) in [5.74, 6) is -1.21. The molecule has 18 heavy (non-hydrogen) atoms. The van der Waals surface area contributed by atoms with Crippen molar-refractivity contribution in [3.05, 3.63) is 65.7 Å². The number of ether oxygens (including phenoxy) is 1. The Balaban J connectivity index is 2.20. The molecule has 1 atom stereocenters. The molecule has 0 bridgehead atoms. The second kappa shape index (κ2) is 5.60. The zero-order chi connectivity index (χ0) is 13.0. The van der Waals surface area contributed by atoms with Crippen LogP contribution in [0.15, 0.2) is 48.5 Å². The third kappa shape index (κ3) is 3.05. The largest absolute Gasteiger partial charge is 0.484 e. The van der Waals surface area contributed by atoms with Crippen molar-refractivity contribution in [2.24, 2.45) is 5.73 Å². The molecule has 4 heteroatoms. The minimum Gasteiger partial charge on any atom is -0.484 e. The number of nitrogens with two attached hydrogens (primary N) is 1. The number of benzene rings is 2. The third-order valence-electron chi connectivity index (χ3n) is 2.50. The van der Waals surface area contributed by atoms with Crippen molar-refractivity contribution in [3.8, 4) is 5.75 Å². The molecule has 2 aromatic rings. The highest BCUT2D eigenvalue weighted by atomic mass is 19.1. The van der Waals surface area contributed by atoms with Gasteiger partial charge in [0.25, 0.3) is 0 Å². The number of hydrogen-bond acceptors (Lipinski definition) is 2. The summed E-state index contributed by atoms with van der Waals surface area (Å²) in [6.45, 7) is 0.224. The Bertz CT molecular complexity index is 496. The molecule has 0 fully saturated rings. The zero-order valence-electron chi connectivity index (χ0n) is 9.64. The van der Waals surface area contributed by atoms with Crippen LogP contribution in [0.5, 0.6) is 5.75 Å². The van der Waals surface area contributed by atoms with Gasteiger partial charge in [-0.1, -0.05) is 30.3 Å². The first-order valence-electron chi connectivity index (χ1n) is 5.57. The lowest BCUT2D eigenvalue weighted by atomic mass is 10.1. The van der Waals surface area contributed by atoms with Crippen molar-refractivity contribution in [1.82, 2.24) is 0 Å². The van der Waals surface area contributed by atoms with E-state index in [4.69, 9.17) is 10.5 Å². The van der Waals surface area contributed by atoms with E-state index in [-0.39, 0.29) is 12.3 Å². The Labute approximate surface area is 104 Å². The normalized spacial score (nSPS) is 12.2. The molecular formula is C14H13F2NO. The van der Waals surface area contributed by atoms with Crippen LogP contribution in [0.4, 0.5) is 8.78 Å². The molecule has 0 aliphatic carbocycles. The fourth-order valence-corrected chi connectivity index (χ4v) is 1.68. The molecule has 2 aromatic carbocycles. The van der Waals surface area contributed by atoms with Crippen molar-refractivity contribution in [2.75, 3.05) is 6.54 Å². The summed E-state index contributed by atoms with van der Waals surface area (Å²) >= 11 is 0. The first-order chi connectivity index (χ1) is 8.69. The Kier molecular flexibility index (Phi) is 3.89. The molecule has 2 nitrogen and oxygen atoms in total. The third-order valence-corrected chi connectivity index (χ3v) is 2.50.